The van der Waals surface area contributed by atoms with Crippen LogP contribution < -0.4 is 4.90 Å². The summed E-state index contributed by atoms with van der Waals surface area (Å²) in [6.07, 6.45) is 4.03. The van der Waals surface area contributed by atoms with Crippen molar-refractivity contribution in [3.63, 3.8) is 0 Å². The zero-order chi connectivity index (χ0) is 24.6. The second kappa shape index (κ2) is 9.40. The molecule has 0 radical (unpaired) electrons. The molecule has 0 spiro atoms. The van der Waals surface area contributed by atoms with Crippen LogP contribution in [0.2, 0.25) is 0 Å². The number of hydrogen-bond acceptors (Lipinski definition) is 6. The smallest absolute Gasteiger partial charge is 0.247 e. The lowest BCUT2D eigenvalue weighted by Gasteiger charge is -2.28. The summed E-state index contributed by atoms with van der Waals surface area (Å²) in [5, 5.41) is 0.269. The van der Waals surface area contributed by atoms with Crippen LogP contribution in [0, 0.1) is 11.6 Å². The summed E-state index contributed by atoms with van der Waals surface area (Å²) >= 11 is 1.16. The van der Waals surface area contributed by atoms with E-state index >= 15 is 0 Å². The van der Waals surface area contributed by atoms with Crippen LogP contribution in [0.4, 0.5) is 13.9 Å². The molecule has 4 aromatic rings. The highest BCUT2D eigenvalue weighted by atomic mass is 32.2. The van der Waals surface area contributed by atoms with Crippen molar-refractivity contribution in [2.24, 2.45) is 0 Å². The Morgan fingerprint density at radius 2 is 1.91 bits per heavy atom. The second-order valence-electron chi connectivity index (χ2n) is 8.10. The van der Waals surface area contributed by atoms with Gasteiger partial charge in [0.2, 0.25) is 15.9 Å². The maximum absolute atomic E-state index is 14.3. The number of rotatable bonds is 6. The lowest BCUT2D eigenvalue weighted by Crippen LogP contribution is -2.47. The number of anilines is 1. The largest absolute Gasteiger partial charge is 0.282 e. The zero-order valence-electron chi connectivity index (χ0n) is 18.3. The molecule has 0 N–H and O–H groups in total. The van der Waals surface area contributed by atoms with Gasteiger partial charge in [-0.1, -0.05) is 23.5 Å². The van der Waals surface area contributed by atoms with E-state index in [2.05, 4.69) is 9.97 Å². The third kappa shape index (κ3) is 4.54. The van der Waals surface area contributed by atoms with E-state index in [4.69, 9.17) is 0 Å². The molecule has 7 nitrogen and oxygen atoms in total. The van der Waals surface area contributed by atoms with E-state index in [1.165, 1.54) is 23.1 Å². The summed E-state index contributed by atoms with van der Waals surface area (Å²) in [6.45, 7) is 0.250. The minimum Gasteiger partial charge on any atom is -0.282 e. The number of aromatic nitrogens is 2. The van der Waals surface area contributed by atoms with Gasteiger partial charge in [-0.2, -0.15) is 4.31 Å². The van der Waals surface area contributed by atoms with Crippen molar-refractivity contribution < 1.29 is 22.0 Å². The van der Waals surface area contributed by atoms with Gasteiger partial charge in [-0.15, -0.1) is 0 Å². The van der Waals surface area contributed by atoms with Crippen LogP contribution in [0.5, 0.6) is 0 Å². The minimum atomic E-state index is -4.04. The summed E-state index contributed by atoms with van der Waals surface area (Å²) in [6, 6.07) is 11.7. The Hall–Kier alpha value is -3.28. The molecule has 1 atom stereocenters. The van der Waals surface area contributed by atoms with Crippen LogP contribution in [0.25, 0.3) is 10.2 Å². The summed E-state index contributed by atoms with van der Waals surface area (Å²) in [7, 11) is -4.04. The van der Waals surface area contributed by atoms with Gasteiger partial charge >= 0.3 is 0 Å². The Balaban J connectivity index is 1.53. The highest BCUT2D eigenvalue weighted by Gasteiger charge is 2.42. The van der Waals surface area contributed by atoms with E-state index < -0.39 is 33.6 Å². The molecular formula is C24H20F2N4O3S2. The number of pyridine rings is 1. The van der Waals surface area contributed by atoms with Crippen molar-refractivity contribution in [3.05, 3.63) is 84.2 Å². The fourth-order valence-electron chi connectivity index (χ4n) is 4.13. The van der Waals surface area contributed by atoms with Crippen LogP contribution in [-0.2, 0) is 21.4 Å². The first-order valence-corrected chi connectivity index (χ1v) is 13.1. The number of carbonyl (C=O) groups excluding carboxylic acids is 1. The molecule has 2 aromatic carbocycles. The first-order valence-electron chi connectivity index (χ1n) is 10.9. The van der Waals surface area contributed by atoms with Crippen molar-refractivity contribution in [2.75, 3.05) is 11.4 Å². The predicted octanol–water partition coefficient (Wildman–Crippen LogP) is 4.36. The predicted molar refractivity (Wildman–Crippen MR) is 128 cm³/mol. The standard InChI is InChI=1S/C24H20F2N4O3S2/c25-17-8-10-18(11-9-17)35(32,33)30-13-3-6-20(30)23(31)29(15-16-4-2-12-27-14-16)24-28-22-19(26)5-1-7-21(22)34-24/h1-2,4-5,7-12,14,20H,3,6,13,15H2. The molecule has 11 heteroatoms. The number of para-hydroxylation sites is 1. The van der Waals surface area contributed by atoms with Crippen molar-refractivity contribution in [1.29, 1.82) is 0 Å². The molecule has 5 rings (SSSR count). The van der Waals surface area contributed by atoms with E-state index in [1.807, 2.05) is 0 Å². The Morgan fingerprint density at radius 1 is 1.11 bits per heavy atom. The molecule has 1 aliphatic heterocycles. The Labute approximate surface area is 204 Å². The Kier molecular flexibility index (Phi) is 6.30. The summed E-state index contributed by atoms with van der Waals surface area (Å²) < 4.78 is 56.1. The monoisotopic (exact) mass is 514 g/mol. The number of carbonyl (C=O) groups is 1. The van der Waals surface area contributed by atoms with Gasteiger partial charge in [0, 0.05) is 18.9 Å². The van der Waals surface area contributed by atoms with Gasteiger partial charge in [0.05, 0.1) is 16.1 Å². The molecule has 3 heterocycles. The topological polar surface area (TPSA) is 83.5 Å². The van der Waals surface area contributed by atoms with E-state index in [0.717, 1.165) is 27.8 Å². The van der Waals surface area contributed by atoms with Gasteiger partial charge in [0.25, 0.3) is 0 Å². The van der Waals surface area contributed by atoms with Gasteiger partial charge in [0.1, 0.15) is 23.2 Å². The average molecular weight is 515 g/mol. The number of thiazole rings is 1. The number of amides is 1. The molecule has 1 fully saturated rings. The maximum atomic E-state index is 14.3. The molecule has 35 heavy (non-hydrogen) atoms. The van der Waals surface area contributed by atoms with Crippen molar-refractivity contribution in [1.82, 2.24) is 14.3 Å². The van der Waals surface area contributed by atoms with Crippen LogP contribution in [-0.4, -0.2) is 41.2 Å². The summed E-state index contributed by atoms with van der Waals surface area (Å²) in [4.78, 5) is 23.6. The average Bonchev–Trinajstić information content (AvgIpc) is 3.52. The van der Waals surface area contributed by atoms with E-state index in [9.17, 15) is 22.0 Å². The molecule has 180 valence electrons. The highest BCUT2D eigenvalue weighted by molar-refractivity contribution is 7.89. The number of benzene rings is 2. The quantitative estimate of drug-likeness (QED) is 0.382. The number of hydrogen-bond donors (Lipinski definition) is 0. The Bertz CT molecular complexity index is 1480. The lowest BCUT2D eigenvalue weighted by atomic mass is 10.2. The van der Waals surface area contributed by atoms with E-state index in [0.29, 0.717) is 23.1 Å². The Morgan fingerprint density at radius 3 is 2.63 bits per heavy atom. The number of fused-ring (bicyclic) bond motifs is 1. The third-order valence-corrected chi connectivity index (χ3v) is 8.79. The van der Waals surface area contributed by atoms with Crippen LogP contribution >= 0.6 is 11.3 Å². The van der Waals surface area contributed by atoms with Crippen LogP contribution in [0.3, 0.4) is 0 Å². The first kappa shape index (κ1) is 23.5. The van der Waals surface area contributed by atoms with Crippen LogP contribution in [0.15, 0.2) is 71.9 Å². The molecule has 0 bridgehead atoms. The van der Waals surface area contributed by atoms with E-state index in [-0.39, 0.29) is 28.6 Å². The van der Waals surface area contributed by atoms with Gasteiger partial charge in [-0.3, -0.25) is 14.7 Å². The molecule has 0 saturated carbocycles. The molecular weight excluding hydrogens is 494 g/mol. The number of halogens is 2. The molecule has 1 saturated heterocycles. The fourth-order valence-corrected chi connectivity index (χ4v) is 6.76. The molecule has 1 unspecified atom stereocenters. The second-order valence-corrected chi connectivity index (χ2v) is 11.0. The van der Waals surface area contributed by atoms with Crippen molar-refractivity contribution >= 4 is 42.6 Å². The summed E-state index contributed by atoms with van der Waals surface area (Å²) in [5.74, 6) is -1.51. The van der Waals surface area contributed by atoms with Crippen molar-refractivity contribution in [3.8, 4) is 0 Å². The molecule has 2 aromatic heterocycles. The fraction of sp³-hybridized carbons (Fsp3) is 0.208. The number of nitrogens with zero attached hydrogens (tertiary/aromatic N) is 4. The van der Waals surface area contributed by atoms with Crippen LogP contribution in [0.1, 0.15) is 18.4 Å². The SMILES string of the molecule is O=C(C1CCCN1S(=O)(=O)c1ccc(F)cc1)N(Cc1cccnc1)c1nc2c(F)cccc2s1. The normalized spacial score (nSPS) is 16.6. The van der Waals surface area contributed by atoms with E-state index in [1.54, 1.807) is 36.7 Å². The van der Waals surface area contributed by atoms with Gasteiger partial charge < -0.3 is 0 Å². The number of sulfonamides is 1. The minimum absolute atomic E-state index is 0.0838. The third-order valence-electron chi connectivity index (χ3n) is 5.83. The molecule has 1 aliphatic rings. The molecule has 1 amide bonds. The van der Waals surface area contributed by atoms with Crippen molar-refractivity contribution in [2.45, 2.75) is 30.3 Å². The van der Waals surface area contributed by atoms with Gasteiger partial charge in [-0.25, -0.2) is 22.2 Å². The zero-order valence-corrected chi connectivity index (χ0v) is 20.0. The molecule has 0 aliphatic carbocycles. The maximum Gasteiger partial charge on any atom is 0.247 e. The van der Waals surface area contributed by atoms with Gasteiger partial charge in [-0.05, 0) is 60.9 Å². The lowest BCUT2D eigenvalue weighted by molar-refractivity contribution is -0.121. The highest BCUT2D eigenvalue weighted by Crippen LogP contribution is 2.34. The van der Waals surface area contributed by atoms with Gasteiger partial charge in [0.15, 0.2) is 5.13 Å². The first-order chi connectivity index (χ1) is 16.8. The summed E-state index contributed by atoms with van der Waals surface area (Å²) in [5.41, 5.74) is 0.866.